The molecule has 2 N–H and O–H groups in total. The molecule has 3 rings (SSSR count). The van der Waals surface area contributed by atoms with Crippen molar-refractivity contribution in [2.45, 2.75) is 6.92 Å². The molecule has 138 valence electrons. The molecule has 0 radical (unpaired) electrons. The van der Waals surface area contributed by atoms with Gasteiger partial charge in [0, 0.05) is 10.7 Å². The van der Waals surface area contributed by atoms with E-state index in [0.717, 1.165) is 31.2 Å². The summed E-state index contributed by atoms with van der Waals surface area (Å²) in [6.07, 6.45) is 0. The number of nitrogens with zero attached hydrogens (tertiary/aromatic N) is 1. The summed E-state index contributed by atoms with van der Waals surface area (Å²) in [5.41, 5.74) is 2.94. The van der Waals surface area contributed by atoms with E-state index < -0.39 is 0 Å². The number of aryl methyl sites for hydroxylation is 1. The molecule has 1 fully saturated rings. The van der Waals surface area contributed by atoms with Crippen molar-refractivity contribution in [3.05, 3.63) is 57.0 Å². The van der Waals surface area contributed by atoms with Gasteiger partial charge in [-0.1, -0.05) is 46.9 Å². The molecule has 0 aromatic heterocycles. The number of amides is 1. The van der Waals surface area contributed by atoms with E-state index in [-0.39, 0.29) is 5.91 Å². The van der Waals surface area contributed by atoms with Gasteiger partial charge in [0.15, 0.2) is 6.54 Å². The fourth-order valence-corrected chi connectivity index (χ4v) is 3.70. The largest absolute Gasteiger partial charge is 0.360 e. The van der Waals surface area contributed by atoms with Gasteiger partial charge in [-0.3, -0.25) is 4.79 Å². The van der Waals surface area contributed by atoms with Crippen molar-refractivity contribution < 1.29 is 9.69 Å². The SMILES string of the molecule is Cc1ccc(Cl)cc1N1CC[NH+](CC(=O)Nc2cccc(Cl)c2Cl)CC1. The van der Waals surface area contributed by atoms with E-state index in [9.17, 15) is 4.79 Å². The Bertz CT molecular complexity index is 805. The van der Waals surface area contributed by atoms with Crippen LogP contribution in [0, 0.1) is 6.92 Å². The Morgan fingerprint density at radius 1 is 1.15 bits per heavy atom. The highest BCUT2D eigenvalue weighted by atomic mass is 35.5. The van der Waals surface area contributed by atoms with Crippen molar-refractivity contribution in [2.24, 2.45) is 0 Å². The molecule has 0 aliphatic carbocycles. The number of carbonyl (C=O) groups is 1. The zero-order chi connectivity index (χ0) is 18.7. The summed E-state index contributed by atoms with van der Waals surface area (Å²) in [5, 5.41) is 4.41. The summed E-state index contributed by atoms with van der Waals surface area (Å²) in [6.45, 7) is 6.06. The Kier molecular flexibility index (Phi) is 6.30. The molecule has 1 saturated heterocycles. The second-order valence-electron chi connectivity index (χ2n) is 6.49. The maximum atomic E-state index is 12.3. The lowest BCUT2D eigenvalue weighted by molar-refractivity contribution is -0.892. The van der Waals surface area contributed by atoms with Crippen molar-refractivity contribution in [2.75, 3.05) is 42.9 Å². The Balaban J connectivity index is 1.54. The van der Waals surface area contributed by atoms with Gasteiger partial charge >= 0.3 is 0 Å². The summed E-state index contributed by atoms with van der Waals surface area (Å²) in [5.74, 6) is -0.0587. The van der Waals surface area contributed by atoms with Gasteiger partial charge in [0.25, 0.3) is 5.91 Å². The number of hydrogen-bond acceptors (Lipinski definition) is 2. The zero-order valence-corrected chi connectivity index (χ0v) is 16.8. The minimum Gasteiger partial charge on any atom is -0.360 e. The van der Waals surface area contributed by atoms with Crippen LogP contribution in [-0.2, 0) is 4.79 Å². The lowest BCUT2D eigenvalue weighted by Crippen LogP contribution is -3.15. The van der Waals surface area contributed by atoms with Crippen molar-refractivity contribution in [3.63, 3.8) is 0 Å². The van der Waals surface area contributed by atoms with Gasteiger partial charge in [-0.25, -0.2) is 0 Å². The molecule has 0 atom stereocenters. The first-order valence-corrected chi connectivity index (χ1v) is 9.66. The fourth-order valence-electron chi connectivity index (χ4n) is 3.19. The zero-order valence-electron chi connectivity index (χ0n) is 14.5. The minimum absolute atomic E-state index is 0.0587. The summed E-state index contributed by atoms with van der Waals surface area (Å²) < 4.78 is 0. The lowest BCUT2D eigenvalue weighted by atomic mass is 10.1. The van der Waals surface area contributed by atoms with Crippen LogP contribution < -0.4 is 15.1 Å². The van der Waals surface area contributed by atoms with Crippen LogP contribution in [0.5, 0.6) is 0 Å². The van der Waals surface area contributed by atoms with E-state index in [4.69, 9.17) is 34.8 Å². The first-order valence-electron chi connectivity index (χ1n) is 8.52. The summed E-state index contributed by atoms with van der Waals surface area (Å²) >= 11 is 18.2. The van der Waals surface area contributed by atoms with Crippen molar-refractivity contribution in [1.82, 2.24) is 0 Å². The Morgan fingerprint density at radius 2 is 1.88 bits per heavy atom. The fraction of sp³-hybridized carbons (Fsp3) is 0.316. The minimum atomic E-state index is -0.0587. The Hall–Kier alpha value is -1.46. The van der Waals surface area contributed by atoms with Crippen molar-refractivity contribution in [3.8, 4) is 0 Å². The maximum Gasteiger partial charge on any atom is 0.279 e. The predicted octanol–water partition coefficient (Wildman–Crippen LogP) is 3.30. The molecule has 0 spiro atoms. The number of piperazine rings is 1. The first kappa shape index (κ1) is 19.3. The molecule has 0 bridgehead atoms. The van der Waals surface area contributed by atoms with Gasteiger partial charge in [0.05, 0.1) is 41.9 Å². The molecule has 1 aliphatic rings. The highest BCUT2D eigenvalue weighted by Gasteiger charge is 2.23. The van der Waals surface area contributed by atoms with Gasteiger partial charge in [0.1, 0.15) is 0 Å². The maximum absolute atomic E-state index is 12.3. The van der Waals surface area contributed by atoms with Gasteiger partial charge in [0.2, 0.25) is 0 Å². The van der Waals surface area contributed by atoms with Gasteiger partial charge in [-0.05, 0) is 36.8 Å². The molecule has 4 nitrogen and oxygen atoms in total. The smallest absolute Gasteiger partial charge is 0.279 e. The van der Waals surface area contributed by atoms with Crippen molar-refractivity contribution >= 4 is 52.1 Å². The molecule has 0 unspecified atom stereocenters. The second kappa shape index (κ2) is 8.49. The number of benzene rings is 2. The highest BCUT2D eigenvalue weighted by molar-refractivity contribution is 6.44. The van der Waals surface area contributed by atoms with Crippen molar-refractivity contribution in [1.29, 1.82) is 0 Å². The molecule has 7 heteroatoms. The van der Waals surface area contributed by atoms with E-state index in [2.05, 4.69) is 17.1 Å². The quantitative estimate of drug-likeness (QED) is 0.807. The standard InChI is InChI=1S/C19H20Cl3N3O/c1-13-5-6-14(20)11-17(13)25-9-7-24(8-10-25)12-18(26)23-16-4-2-3-15(21)19(16)22/h2-6,11H,7-10,12H2,1H3,(H,23,26)/p+1. The predicted molar refractivity (Wildman–Crippen MR) is 109 cm³/mol. The monoisotopic (exact) mass is 412 g/mol. The molecule has 2 aromatic carbocycles. The molecule has 1 heterocycles. The van der Waals surface area contributed by atoms with E-state index in [0.29, 0.717) is 22.3 Å². The molecular weight excluding hydrogens is 393 g/mol. The summed E-state index contributed by atoms with van der Waals surface area (Å²) in [4.78, 5) is 15.9. The summed E-state index contributed by atoms with van der Waals surface area (Å²) in [7, 11) is 0. The van der Waals surface area contributed by atoms with Gasteiger partial charge in [-0.2, -0.15) is 0 Å². The molecule has 0 saturated carbocycles. The Labute approximate surface area is 168 Å². The molecule has 2 aromatic rings. The molecular formula is C19H21Cl3N3O+. The lowest BCUT2D eigenvalue weighted by Gasteiger charge is -2.34. The third-order valence-corrected chi connectivity index (χ3v) is 5.67. The van der Waals surface area contributed by atoms with Crippen LogP contribution in [0.3, 0.4) is 0 Å². The van der Waals surface area contributed by atoms with E-state index in [1.807, 2.05) is 18.2 Å². The third-order valence-electron chi connectivity index (χ3n) is 4.62. The van der Waals surface area contributed by atoms with Crippen LogP contribution in [0.25, 0.3) is 0 Å². The Morgan fingerprint density at radius 3 is 2.62 bits per heavy atom. The molecule has 26 heavy (non-hydrogen) atoms. The average Bonchev–Trinajstić information content (AvgIpc) is 2.62. The number of anilines is 2. The average molecular weight is 414 g/mol. The topological polar surface area (TPSA) is 36.8 Å². The van der Waals surface area contributed by atoms with E-state index in [1.165, 1.54) is 16.2 Å². The van der Waals surface area contributed by atoms with Gasteiger partial charge < -0.3 is 15.1 Å². The van der Waals surface area contributed by atoms with Crippen LogP contribution in [-0.4, -0.2) is 38.6 Å². The van der Waals surface area contributed by atoms with E-state index in [1.54, 1.807) is 18.2 Å². The number of hydrogen-bond donors (Lipinski definition) is 2. The van der Waals surface area contributed by atoms with Crippen LogP contribution in [0.1, 0.15) is 5.56 Å². The van der Waals surface area contributed by atoms with Crippen LogP contribution in [0.15, 0.2) is 36.4 Å². The second-order valence-corrected chi connectivity index (χ2v) is 7.72. The third kappa shape index (κ3) is 4.63. The number of carbonyl (C=O) groups excluding carboxylic acids is 1. The highest BCUT2D eigenvalue weighted by Crippen LogP contribution is 2.29. The molecule has 1 amide bonds. The number of nitrogens with one attached hydrogen (secondary N) is 2. The van der Waals surface area contributed by atoms with Crippen LogP contribution in [0.2, 0.25) is 15.1 Å². The number of quaternary nitrogens is 1. The summed E-state index contributed by atoms with van der Waals surface area (Å²) in [6, 6.07) is 11.2. The number of rotatable bonds is 4. The van der Waals surface area contributed by atoms with Crippen LogP contribution >= 0.6 is 34.8 Å². The normalized spacial score (nSPS) is 15.2. The van der Waals surface area contributed by atoms with E-state index >= 15 is 0 Å². The first-order chi connectivity index (χ1) is 12.4. The van der Waals surface area contributed by atoms with Crippen LogP contribution in [0.4, 0.5) is 11.4 Å². The number of halogens is 3. The molecule has 1 aliphatic heterocycles. The van der Waals surface area contributed by atoms with Gasteiger partial charge in [-0.15, -0.1) is 0 Å².